The molecule has 0 saturated heterocycles. The Hall–Kier alpha value is -3.11. The number of methoxy groups -OCH3 is 1. The topological polar surface area (TPSA) is 97.8 Å². The van der Waals surface area contributed by atoms with Crippen molar-refractivity contribution in [2.24, 2.45) is 0 Å². The van der Waals surface area contributed by atoms with E-state index in [0.717, 1.165) is 11.3 Å². The second-order valence-corrected chi connectivity index (χ2v) is 8.97. The van der Waals surface area contributed by atoms with Crippen LogP contribution in [-0.4, -0.2) is 40.1 Å². The number of amides is 1. The van der Waals surface area contributed by atoms with Crippen LogP contribution in [0, 0.1) is 0 Å². The summed E-state index contributed by atoms with van der Waals surface area (Å²) in [5.74, 6) is 0.544. The Bertz CT molecular complexity index is 1050. The monoisotopic (exact) mass is 433 g/mol. The number of hydrogen-bond acceptors (Lipinski definition) is 7. The number of nitrogens with zero attached hydrogens (tertiary/aromatic N) is 2. The van der Waals surface area contributed by atoms with E-state index in [1.807, 2.05) is 0 Å². The first-order valence-corrected chi connectivity index (χ1v) is 10.8. The van der Waals surface area contributed by atoms with Crippen molar-refractivity contribution in [3.05, 3.63) is 60.1 Å². The van der Waals surface area contributed by atoms with Crippen LogP contribution in [0.2, 0.25) is 0 Å². The highest BCUT2D eigenvalue weighted by atomic mass is 32.2. The average molecular weight is 434 g/mol. The fourth-order valence-electron chi connectivity index (χ4n) is 2.36. The molecule has 8 nitrogen and oxygen atoms in total. The van der Waals surface area contributed by atoms with Crippen molar-refractivity contribution in [1.29, 1.82) is 0 Å². The van der Waals surface area contributed by atoms with E-state index in [1.54, 1.807) is 53.9 Å². The molecule has 1 N–H and O–H groups in total. The number of hydrogen-bond donors (Lipinski definition) is 1. The summed E-state index contributed by atoms with van der Waals surface area (Å²) >= 11 is 1.16. The summed E-state index contributed by atoms with van der Waals surface area (Å²) in [7, 11) is -0.599. The highest BCUT2D eigenvalue weighted by molar-refractivity contribution is 7.94. The van der Waals surface area contributed by atoms with E-state index in [-0.39, 0.29) is 16.7 Å². The van der Waals surface area contributed by atoms with Gasteiger partial charge in [0.05, 0.1) is 24.7 Å². The van der Waals surface area contributed by atoms with Crippen LogP contribution in [0.5, 0.6) is 11.6 Å². The standard InChI is InChI=1S/C19H19N3O5S2/c1-22(29(24,25)19-4-3-11-28-19)15-6-8-16(9-7-15)27-13-17(23)21-14-5-10-18(26-2)20-12-14/h3-12H,13H2,1-2H3,(H,21,23). The molecule has 0 fully saturated rings. The number of pyridine rings is 1. The molecule has 0 aliphatic rings. The molecule has 0 bridgehead atoms. The molecule has 2 aromatic heterocycles. The van der Waals surface area contributed by atoms with Crippen LogP contribution in [0.4, 0.5) is 11.4 Å². The zero-order valence-corrected chi connectivity index (χ0v) is 17.4. The minimum Gasteiger partial charge on any atom is -0.484 e. The van der Waals surface area contributed by atoms with E-state index in [2.05, 4.69) is 10.3 Å². The molecule has 1 amide bonds. The van der Waals surface area contributed by atoms with Crippen molar-refractivity contribution in [1.82, 2.24) is 4.98 Å². The predicted molar refractivity (Wildman–Crippen MR) is 111 cm³/mol. The average Bonchev–Trinajstić information content (AvgIpc) is 3.28. The molecule has 0 radical (unpaired) electrons. The molecule has 0 aliphatic heterocycles. The molecule has 152 valence electrons. The largest absolute Gasteiger partial charge is 0.484 e. The van der Waals surface area contributed by atoms with E-state index >= 15 is 0 Å². The third-order valence-corrected chi connectivity index (χ3v) is 7.07. The van der Waals surface area contributed by atoms with E-state index in [1.165, 1.54) is 24.7 Å². The third kappa shape index (κ3) is 5.04. The Morgan fingerprint density at radius 1 is 1.17 bits per heavy atom. The van der Waals surface area contributed by atoms with E-state index in [9.17, 15) is 13.2 Å². The van der Waals surface area contributed by atoms with Gasteiger partial charge < -0.3 is 14.8 Å². The van der Waals surface area contributed by atoms with Crippen molar-refractivity contribution in [2.45, 2.75) is 4.21 Å². The smallest absolute Gasteiger partial charge is 0.273 e. The first kappa shape index (κ1) is 20.6. The number of sulfonamides is 1. The van der Waals surface area contributed by atoms with E-state index in [0.29, 0.717) is 23.0 Å². The first-order valence-electron chi connectivity index (χ1n) is 8.45. The SMILES string of the molecule is COc1ccc(NC(=O)COc2ccc(N(C)S(=O)(=O)c3cccs3)cc2)cn1. The van der Waals surface area contributed by atoms with Crippen LogP contribution in [0.1, 0.15) is 0 Å². The van der Waals surface area contributed by atoms with Crippen molar-refractivity contribution >= 4 is 38.6 Å². The summed E-state index contributed by atoms with van der Waals surface area (Å²) in [4.78, 5) is 16.0. The Kier molecular flexibility index (Phi) is 6.35. The van der Waals surface area contributed by atoms with Crippen molar-refractivity contribution in [3.63, 3.8) is 0 Å². The fraction of sp³-hybridized carbons (Fsp3) is 0.158. The highest BCUT2D eigenvalue weighted by Crippen LogP contribution is 2.26. The molecule has 0 atom stereocenters. The van der Waals surface area contributed by atoms with Gasteiger partial charge in [-0.25, -0.2) is 13.4 Å². The third-order valence-electron chi connectivity index (χ3n) is 3.91. The Morgan fingerprint density at radius 3 is 2.52 bits per heavy atom. The fourth-order valence-corrected chi connectivity index (χ4v) is 4.71. The summed E-state index contributed by atoms with van der Waals surface area (Å²) in [6.07, 6.45) is 1.48. The molecular weight excluding hydrogens is 414 g/mol. The maximum absolute atomic E-state index is 12.5. The Labute approximate surface area is 172 Å². The zero-order chi connectivity index (χ0) is 20.9. The van der Waals surface area contributed by atoms with Gasteiger partial charge in [-0.05, 0) is 41.8 Å². The number of benzene rings is 1. The Morgan fingerprint density at radius 2 is 1.93 bits per heavy atom. The van der Waals surface area contributed by atoms with Gasteiger partial charge in [-0.15, -0.1) is 11.3 Å². The summed E-state index contributed by atoms with van der Waals surface area (Å²) in [6, 6.07) is 13.0. The molecule has 2 heterocycles. The molecular formula is C19H19N3O5S2. The van der Waals surface area contributed by atoms with Crippen molar-refractivity contribution in [2.75, 3.05) is 30.4 Å². The second-order valence-electron chi connectivity index (χ2n) is 5.82. The molecule has 1 aromatic carbocycles. The summed E-state index contributed by atoms with van der Waals surface area (Å²) < 4.78 is 37.0. The summed E-state index contributed by atoms with van der Waals surface area (Å²) in [6.45, 7) is -0.200. The molecule has 29 heavy (non-hydrogen) atoms. The van der Waals surface area contributed by atoms with Gasteiger partial charge in [-0.3, -0.25) is 9.10 Å². The highest BCUT2D eigenvalue weighted by Gasteiger charge is 2.22. The molecule has 3 aromatic rings. The number of anilines is 2. The normalized spacial score (nSPS) is 11.0. The van der Waals surface area contributed by atoms with Crippen LogP contribution in [0.3, 0.4) is 0 Å². The van der Waals surface area contributed by atoms with Crippen LogP contribution in [-0.2, 0) is 14.8 Å². The van der Waals surface area contributed by atoms with Gasteiger partial charge in [0.25, 0.3) is 15.9 Å². The number of nitrogens with one attached hydrogen (secondary N) is 1. The number of aromatic nitrogens is 1. The van der Waals surface area contributed by atoms with Gasteiger partial charge in [0.2, 0.25) is 5.88 Å². The van der Waals surface area contributed by atoms with Crippen LogP contribution in [0.25, 0.3) is 0 Å². The molecule has 0 spiro atoms. The lowest BCUT2D eigenvalue weighted by Crippen LogP contribution is -2.25. The number of thiophene rings is 1. The molecule has 10 heteroatoms. The van der Waals surface area contributed by atoms with Crippen molar-refractivity contribution in [3.8, 4) is 11.6 Å². The minimum absolute atomic E-state index is 0.200. The van der Waals surface area contributed by atoms with Gasteiger partial charge in [0, 0.05) is 13.1 Å². The number of carbonyl (C=O) groups is 1. The number of ether oxygens (including phenoxy) is 2. The minimum atomic E-state index is -3.59. The lowest BCUT2D eigenvalue weighted by atomic mass is 10.3. The molecule has 0 saturated carbocycles. The number of carbonyl (C=O) groups excluding carboxylic acids is 1. The van der Waals surface area contributed by atoms with Crippen LogP contribution < -0.4 is 19.1 Å². The first-order chi connectivity index (χ1) is 13.9. The maximum Gasteiger partial charge on any atom is 0.273 e. The lowest BCUT2D eigenvalue weighted by molar-refractivity contribution is -0.118. The quantitative estimate of drug-likeness (QED) is 0.587. The van der Waals surface area contributed by atoms with Gasteiger partial charge >= 0.3 is 0 Å². The van der Waals surface area contributed by atoms with Gasteiger partial charge in [0.1, 0.15) is 9.96 Å². The van der Waals surface area contributed by atoms with E-state index < -0.39 is 10.0 Å². The van der Waals surface area contributed by atoms with Gasteiger partial charge in [-0.2, -0.15) is 0 Å². The molecule has 0 unspecified atom stereocenters. The van der Waals surface area contributed by atoms with Crippen molar-refractivity contribution < 1.29 is 22.7 Å². The van der Waals surface area contributed by atoms with Crippen LogP contribution in [0.15, 0.2) is 64.3 Å². The van der Waals surface area contributed by atoms with E-state index in [4.69, 9.17) is 9.47 Å². The molecule has 0 aliphatic carbocycles. The number of rotatable bonds is 8. The summed E-state index contributed by atoms with van der Waals surface area (Å²) in [5, 5.41) is 4.37. The zero-order valence-electron chi connectivity index (χ0n) is 15.7. The van der Waals surface area contributed by atoms with Gasteiger partial charge in [0.15, 0.2) is 6.61 Å². The second kappa shape index (κ2) is 8.93. The molecule has 3 rings (SSSR count). The van der Waals surface area contributed by atoms with Gasteiger partial charge in [-0.1, -0.05) is 6.07 Å². The predicted octanol–water partition coefficient (Wildman–Crippen LogP) is 2.99. The Balaban J connectivity index is 1.56. The lowest BCUT2D eigenvalue weighted by Gasteiger charge is -2.18. The summed E-state index contributed by atoms with van der Waals surface area (Å²) in [5.41, 5.74) is 1.01. The maximum atomic E-state index is 12.5. The van der Waals surface area contributed by atoms with Crippen LogP contribution >= 0.6 is 11.3 Å².